The van der Waals surface area contributed by atoms with Crippen LogP contribution in [0.1, 0.15) is 25.7 Å². The van der Waals surface area contributed by atoms with E-state index in [9.17, 15) is 0 Å². The smallest absolute Gasteiger partial charge is 0.247 e. The Balaban J connectivity index is 2.36. The maximum absolute atomic E-state index is 5.58. The lowest BCUT2D eigenvalue weighted by Crippen LogP contribution is -1.85. The average Bonchev–Trinajstić information content (AvgIpc) is 2.78. The molecular formula is C12H13BrN2O2. The van der Waals surface area contributed by atoms with E-state index in [0.717, 1.165) is 15.8 Å². The van der Waals surface area contributed by atoms with E-state index < -0.39 is 0 Å². The van der Waals surface area contributed by atoms with Crippen LogP contribution in [0.5, 0.6) is 5.75 Å². The summed E-state index contributed by atoms with van der Waals surface area (Å²) in [5.74, 6) is 2.18. The summed E-state index contributed by atoms with van der Waals surface area (Å²) in [6.45, 7) is 4.03. The molecule has 0 amide bonds. The summed E-state index contributed by atoms with van der Waals surface area (Å²) in [6, 6.07) is 5.65. The van der Waals surface area contributed by atoms with Gasteiger partial charge in [0.25, 0.3) is 0 Å². The fraction of sp³-hybridized carbons (Fsp3) is 0.333. The molecule has 1 heterocycles. The SMILES string of the molecule is COc1ccc(-c2nnc(C(C)C)o2)cc1Br. The van der Waals surface area contributed by atoms with Crippen molar-refractivity contribution in [3.8, 4) is 17.2 Å². The molecule has 0 saturated carbocycles. The molecule has 1 aromatic heterocycles. The van der Waals surface area contributed by atoms with Gasteiger partial charge in [-0.15, -0.1) is 10.2 Å². The summed E-state index contributed by atoms with van der Waals surface area (Å²) in [4.78, 5) is 0. The number of hydrogen-bond donors (Lipinski definition) is 0. The van der Waals surface area contributed by atoms with E-state index in [1.165, 1.54) is 0 Å². The largest absolute Gasteiger partial charge is 0.496 e. The second-order valence-corrected chi connectivity index (χ2v) is 4.80. The Bertz CT molecular complexity index is 523. The van der Waals surface area contributed by atoms with Gasteiger partial charge in [-0.2, -0.15) is 0 Å². The molecule has 1 aromatic carbocycles. The Labute approximate surface area is 108 Å². The van der Waals surface area contributed by atoms with Crippen molar-refractivity contribution in [3.05, 3.63) is 28.6 Å². The maximum Gasteiger partial charge on any atom is 0.247 e. The molecule has 90 valence electrons. The van der Waals surface area contributed by atoms with Gasteiger partial charge in [0.1, 0.15) is 5.75 Å². The van der Waals surface area contributed by atoms with E-state index in [1.807, 2.05) is 32.0 Å². The summed E-state index contributed by atoms with van der Waals surface area (Å²) in [5.41, 5.74) is 0.872. The van der Waals surface area contributed by atoms with Crippen LogP contribution < -0.4 is 4.74 Å². The molecule has 5 heteroatoms. The predicted octanol–water partition coefficient (Wildman–Crippen LogP) is 3.63. The lowest BCUT2D eigenvalue weighted by molar-refractivity contribution is 0.412. The Morgan fingerprint density at radius 1 is 1.29 bits per heavy atom. The fourth-order valence-electron chi connectivity index (χ4n) is 1.38. The van der Waals surface area contributed by atoms with Crippen LogP contribution in [0, 0.1) is 0 Å². The standard InChI is InChI=1S/C12H13BrN2O2/c1-7(2)11-14-15-12(17-11)8-4-5-10(16-3)9(13)6-8/h4-7H,1-3H3. The molecule has 0 spiro atoms. The second kappa shape index (κ2) is 4.87. The van der Waals surface area contributed by atoms with Gasteiger partial charge < -0.3 is 9.15 Å². The van der Waals surface area contributed by atoms with Crippen LogP contribution in [0.2, 0.25) is 0 Å². The third-order valence-electron chi connectivity index (χ3n) is 2.33. The molecule has 0 N–H and O–H groups in total. The van der Waals surface area contributed by atoms with Crippen molar-refractivity contribution in [1.29, 1.82) is 0 Å². The molecule has 0 aliphatic rings. The second-order valence-electron chi connectivity index (χ2n) is 3.95. The molecule has 0 aliphatic carbocycles. The zero-order valence-electron chi connectivity index (χ0n) is 9.90. The van der Waals surface area contributed by atoms with Gasteiger partial charge in [-0.1, -0.05) is 13.8 Å². The molecule has 2 aromatic rings. The third-order valence-corrected chi connectivity index (χ3v) is 2.95. The van der Waals surface area contributed by atoms with E-state index in [1.54, 1.807) is 7.11 Å². The van der Waals surface area contributed by atoms with E-state index in [0.29, 0.717) is 11.8 Å². The summed E-state index contributed by atoms with van der Waals surface area (Å²) in [6.07, 6.45) is 0. The molecule has 0 radical (unpaired) electrons. The number of ether oxygens (including phenoxy) is 1. The molecule has 4 nitrogen and oxygen atoms in total. The highest BCUT2D eigenvalue weighted by molar-refractivity contribution is 9.10. The Hall–Kier alpha value is -1.36. The number of halogens is 1. The molecule has 0 unspecified atom stereocenters. The van der Waals surface area contributed by atoms with Crippen molar-refractivity contribution in [2.75, 3.05) is 7.11 Å². The van der Waals surface area contributed by atoms with Gasteiger partial charge in [-0.3, -0.25) is 0 Å². The minimum atomic E-state index is 0.234. The normalized spacial score (nSPS) is 10.9. The lowest BCUT2D eigenvalue weighted by atomic mass is 10.2. The third kappa shape index (κ3) is 2.49. The van der Waals surface area contributed by atoms with Crippen molar-refractivity contribution >= 4 is 15.9 Å². The Kier molecular flexibility index (Phi) is 3.47. The predicted molar refractivity (Wildman–Crippen MR) is 68.1 cm³/mol. The van der Waals surface area contributed by atoms with E-state index in [-0.39, 0.29) is 5.92 Å². The number of methoxy groups -OCH3 is 1. The summed E-state index contributed by atoms with van der Waals surface area (Å²) < 4.78 is 11.6. The first-order valence-electron chi connectivity index (χ1n) is 5.29. The van der Waals surface area contributed by atoms with Crippen molar-refractivity contribution in [2.24, 2.45) is 0 Å². The van der Waals surface area contributed by atoms with Crippen LogP contribution in [-0.4, -0.2) is 17.3 Å². The van der Waals surface area contributed by atoms with Gasteiger partial charge in [0.15, 0.2) is 0 Å². The monoisotopic (exact) mass is 296 g/mol. The number of rotatable bonds is 3. The number of aromatic nitrogens is 2. The summed E-state index contributed by atoms with van der Waals surface area (Å²) >= 11 is 3.43. The first-order valence-corrected chi connectivity index (χ1v) is 6.08. The molecule has 0 saturated heterocycles. The quantitative estimate of drug-likeness (QED) is 0.868. The molecule has 0 atom stereocenters. The maximum atomic E-state index is 5.58. The van der Waals surface area contributed by atoms with Crippen molar-refractivity contribution in [3.63, 3.8) is 0 Å². The van der Waals surface area contributed by atoms with Crippen LogP contribution in [0.3, 0.4) is 0 Å². The molecule has 0 fully saturated rings. The van der Waals surface area contributed by atoms with Crippen LogP contribution >= 0.6 is 15.9 Å². The van der Waals surface area contributed by atoms with Gasteiger partial charge >= 0.3 is 0 Å². The molecule has 0 bridgehead atoms. The minimum Gasteiger partial charge on any atom is -0.496 e. The number of hydrogen-bond acceptors (Lipinski definition) is 4. The van der Waals surface area contributed by atoms with Crippen LogP contribution in [0.4, 0.5) is 0 Å². The number of nitrogens with zero attached hydrogens (tertiary/aromatic N) is 2. The zero-order chi connectivity index (χ0) is 12.4. The fourth-order valence-corrected chi connectivity index (χ4v) is 1.92. The van der Waals surface area contributed by atoms with Gasteiger partial charge in [-0.25, -0.2) is 0 Å². The first kappa shape index (κ1) is 12.1. The molecule has 0 aliphatic heterocycles. The van der Waals surface area contributed by atoms with Crippen LogP contribution in [0.25, 0.3) is 11.5 Å². The van der Waals surface area contributed by atoms with Crippen LogP contribution in [0.15, 0.2) is 27.1 Å². The first-order chi connectivity index (χ1) is 8.11. The molecular weight excluding hydrogens is 284 g/mol. The van der Waals surface area contributed by atoms with Gasteiger partial charge in [-0.05, 0) is 34.1 Å². The topological polar surface area (TPSA) is 48.2 Å². The number of benzene rings is 1. The highest BCUT2D eigenvalue weighted by Crippen LogP contribution is 2.30. The van der Waals surface area contributed by atoms with Crippen molar-refractivity contribution in [1.82, 2.24) is 10.2 Å². The van der Waals surface area contributed by atoms with Gasteiger partial charge in [0.2, 0.25) is 11.8 Å². The van der Waals surface area contributed by atoms with Crippen LogP contribution in [-0.2, 0) is 0 Å². The summed E-state index contributed by atoms with van der Waals surface area (Å²) in [5, 5.41) is 8.03. The van der Waals surface area contributed by atoms with Crippen molar-refractivity contribution < 1.29 is 9.15 Å². The minimum absolute atomic E-state index is 0.234. The summed E-state index contributed by atoms with van der Waals surface area (Å²) in [7, 11) is 1.63. The van der Waals surface area contributed by atoms with E-state index in [4.69, 9.17) is 9.15 Å². The molecule has 2 rings (SSSR count). The van der Waals surface area contributed by atoms with E-state index >= 15 is 0 Å². The highest BCUT2D eigenvalue weighted by atomic mass is 79.9. The van der Waals surface area contributed by atoms with Gasteiger partial charge in [0.05, 0.1) is 11.6 Å². The Morgan fingerprint density at radius 3 is 2.59 bits per heavy atom. The van der Waals surface area contributed by atoms with E-state index in [2.05, 4.69) is 26.1 Å². The van der Waals surface area contributed by atoms with Gasteiger partial charge in [0, 0.05) is 11.5 Å². The lowest BCUT2D eigenvalue weighted by Gasteiger charge is -2.03. The van der Waals surface area contributed by atoms with Crippen molar-refractivity contribution in [2.45, 2.75) is 19.8 Å². The Morgan fingerprint density at radius 2 is 2.06 bits per heavy atom. The average molecular weight is 297 g/mol. The zero-order valence-corrected chi connectivity index (χ0v) is 11.5. The highest BCUT2D eigenvalue weighted by Gasteiger charge is 2.12. The molecule has 17 heavy (non-hydrogen) atoms.